The monoisotopic (exact) mass is 393 g/mol. The summed E-state index contributed by atoms with van der Waals surface area (Å²) in [5.74, 6) is 0. The van der Waals surface area contributed by atoms with Crippen LogP contribution in [0.15, 0.2) is 27.4 Å². The third-order valence-corrected chi connectivity index (χ3v) is 5.85. The van der Waals surface area contributed by atoms with Gasteiger partial charge in [-0.15, -0.1) is 12.4 Å². The zero-order valence-electron chi connectivity index (χ0n) is 15.5. The Kier molecular flexibility index (Phi) is 6.58. The molecule has 0 amide bonds. The minimum absolute atomic E-state index is 0. The highest BCUT2D eigenvalue weighted by atomic mass is 35.5. The summed E-state index contributed by atoms with van der Waals surface area (Å²) < 4.78 is 5.52. The van der Waals surface area contributed by atoms with Crippen LogP contribution < -0.4 is 5.63 Å². The number of aliphatic hydroxyl groups is 2. The Labute approximate surface area is 165 Å². The van der Waals surface area contributed by atoms with Crippen molar-refractivity contribution in [3.05, 3.63) is 45.3 Å². The normalized spacial score (nSPS) is 19.9. The molecule has 2 aromatic rings. The molecule has 6 heteroatoms. The summed E-state index contributed by atoms with van der Waals surface area (Å²) in [7, 11) is 0. The SMILES string of the molecule is Cl.O=c1oc2cccc(C(O)C(O)CN3CCCCC3)c2c2c1CCCC2. The largest absolute Gasteiger partial charge is 0.422 e. The van der Waals surface area contributed by atoms with Crippen molar-refractivity contribution in [1.82, 2.24) is 4.90 Å². The Bertz CT molecular complexity index is 844. The van der Waals surface area contributed by atoms with Gasteiger partial charge in [-0.3, -0.25) is 0 Å². The first kappa shape index (κ1) is 20.3. The van der Waals surface area contributed by atoms with Crippen LogP contribution >= 0.6 is 12.4 Å². The number of β-amino-alcohol motifs (C(OH)–C–C–N with tert-alkyl or cyclic N) is 1. The number of piperidine rings is 1. The quantitative estimate of drug-likeness (QED) is 0.781. The van der Waals surface area contributed by atoms with Crippen molar-refractivity contribution in [2.45, 2.75) is 57.2 Å². The van der Waals surface area contributed by atoms with E-state index in [0.29, 0.717) is 17.7 Å². The molecule has 4 rings (SSSR count). The van der Waals surface area contributed by atoms with Gasteiger partial charge < -0.3 is 19.5 Å². The number of halogens is 1. The fourth-order valence-corrected chi connectivity index (χ4v) is 4.48. The predicted octanol–water partition coefficient (Wildman–Crippen LogP) is 2.97. The maximum Gasteiger partial charge on any atom is 0.339 e. The Morgan fingerprint density at radius 3 is 2.44 bits per heavy atom. The number of hydrogen-bond donors (Lipinski definition) is 2. The summed E-state index contributed by atoms with van der Waals surface area (Å²) in [6.07, 6.45) is 5.27. The molecule has 0 radical (unpaired) electrons. The second-order valence-electron chi connectivity index (χ2n) is 7.65. The Morgan fingerprint density at radius 2 is 1.70 bits per heavy atom. The molecule has 2 aliphatic rings. The van der Waals surface area contributed by atoms with Crippen LogP contribution in [0, 0.1) is 0 Å². The Hall–Kier alpha value is -1.40. The van der Waals surface area contributed by atoms with Crippen LogP contribution in [0.3, 0.4) is 0 Å². The molecule has 27 heavy (non-hydrogen) atoms. The van der Waals surface area contributed by atoms with E-state index in [1.807, 2.05) is 6.07 Å². The van der Waals surface area contributed by atoms with Crippen molar-refractivity contribution in [3.8, 4) is 0 Å². The van der Waals surface area contributed by atoms with Crippen LogP contribution in [0.1, 0.15) is 54.9 Å². The van der Waals surface area contributed by atoms with Crippen molar-refractivity contribution in [2.75, 3.05) is 19.6 Å². The first-order chi connectivity index (χ1) is 12.6. The molecule has 2 N–H and O–H groups in total. The second kappa shape index (κ2) is 8.74. The summed E-state index contributed by atoms with van der Waals surface area (Å²) in [5, 5.41) is 22.4. The number of likely N-dealkylation sites (tertiary alicyclic amines) is 1. The highest BCUT2D eigenvalue weighted by Gasteiger charge is 2.27. The third-order valence-electron chi connectivity index (χ3n) is 5.85. The minimum Gasteiger partial charge on any atom is -0.422 e. The molecular formula is C21H28ClNO4. The van der Waals surface area contributed by atoms with E-state index >= 15 is 0 Å². The number of aliphatic hydroxyl groups excluding tert-OH is 2. The molecule has 0 saturated carbocycles. The molecule has 148 valence electrons. The van der Waals surface area contributed by atoms with Crippen molar-refractivity contribution in [3.63, 3.8) is 0 Å². The Morgan fingerprint density at radius 1 is 1.00 bits per heavy atom. The van der Waals surface area contributed by atoms with Gasteiger partial charge in [-0.2, -0.15) is 0 Å². The minimum atomic E-state index is -0.987. The summed E-state index contributed by atoms with van der Waals surface area (Å²) in [4.78, 5) is 14.5. The van der Waals surface area contributed by atoms with Crippen LogP contribution in [-0.4, -0.2) is 40.9 Å². The fraction of sp³-hybridized carbons (Fsp3) is 0.571. The molecule has 2 unspecified atom stereocenters. The van der Waals surface area contributed by atoms with Gasteiger partial charge in [0.05, 0.1) is 6.10 Å². The standard InChI is InChI=1S/C21H27NO4.ClH/c23-17(13-22-11-4-1-5-12-22)20(24)16-9-6-10-18-19(16)14-7-2-3-8-15(14)21(25)26-18;/h6,9-10,17,20,23-24H,1-5,7-8,11-13H2;1H. The second-order valence-corrected chi connectivity index (χ2v) is 7.65. The van der Waals surface area contributed by atoms with E-state index < -0.39 is 12.2 Å². The summed E-state index contributed by atoms with van der Waals surface area (Å²) >= 11 is 0. The fourth-order valence-electron chi connectivity index (χ4n) is 4.48. The summed E-state index contributed by atoms with van der Waals surface area (Å²) in [6.45, 7) is 2.42. The molecule has 2 atom stereocenters. The maximum absolute atomic E-state index is 12.3. The zero-order valence-corrected chi connectivity index (χ0v) is 16.3. The van der Waals surface area contributed by atoms with Gasteiger partial charge in [-0.25, -0.2) is 4.79 Å². The van der Waals surface area contributed by atoms with Crippen molar-refractivity contribution < 1.29 is 14.6 Å². The lowest BCUT2D eigenvalue weighted by molar-refractivity contribution is -0.00598. The molecule has 1 aromatic heterocycles. The van der Waals surface area contributed by atoms with Gasteiger partial charge >= 0.3 is 5.63 Å². The highest BCUT2D eigenvalue weighted by Crippen LogP contribution is 2.33. The van der Waals surface area contributed by atoms with Crippen molar-refractivity contribution in [1.29, 1.82) is 0 Å². The lowest BCUT2D eigenvalue weighted by Gasteiger charge is -2.30. The number of fused-ring (bicyclic) bond motifs is 3. The van der Waals surface area contributed by atoms with Crippen LogP contribution in [-0.2, 0) is 12.8 Å². The number of rotatable bonds is 4. The molecular weight excluding hydrogens is 366 g/mol. The van der Waals surface area contributed by atoms with E-state index in [2.05, 4.69) is 4.90 Å². The molecule has 1 saturated heterocycles. The number of nitrogens with zero attached hydrogens (tertiary/aromatic N) is 1. The zero-order chi connectivity index (χ0) is 18.1. The molecule has 1 aromatic carbocycles. The van der Waals surface area contributed by atoms with Gasteiger partial charge in [0.2, 0.25) is 0 Å². The van der Waals surface area contributed by atoms with E-state index in [9.17, 15) is 15.0 Å². The lowest BCUT2D eigenvalue weighted by atomic mass is 9.87. The molecule has 1 aliphatic heterocycles. The van der Waals surface area contributed by atoms with Crippen LogP contribution in [0.25, 0.3) is 11.0 Å². The van der Waals surface area contributed by atoms with Gasteiger partial charge in [0.15, 0.2) is 0 Å². The van der Waals surface area contributed by atoms with Gasteiger partial charge in [0.1, 0.15) is 11.7 Å². The Balaban J connectivity index is 0.00000210. The van der Waals surface area contributed by atoms with E-state index in [-0.39, 0.29) is 18.0 Å². The molecule has 1 fully saturated rings. The molecule has 5 nitrogen and oxygen atoms in total. The van der Waals surface area contributed by atoms with Gasteiger partial charge in [0.25, 0.3) is 0 Å². The smallest absolute Gasteiger partial charge is 0.339 e. The maximum atomic E-state index is 12.3. The van der Waals surface area contributed by atoms with Crippen LogP contribution in [0.5, 0.6) is 0 Å². The lowest BCUT2D eigenvalue weighted by Crippen LogP contribution is -2.39. The van der Waals surface area contributed by atoms with Crippen molar-refractivity contribution >= 4 is 23.4 Å². The third kappa shape index (κ3) is 4.06. The van der Waals surface area contributed by atoms with E-state index in [0.717, 1.165) is 68.1 Å². The summed E-state index contributed by atoms with van der Waals surface area (Å²) in [5.41, 5.74) is 2.68. The highest BCUT2D eigenvalue weighted by molar-refractivity contribution is 5.86. The number of hydrogen-bond acceptors (Lipinski definition) is 5. The predicted molar refractivity (Wildman–Crippen MR) is 108 cm³/mol. The molecule has 0 spiro atoms. The summed E-state index contributed by atoms with van der Waals surface area (Å²) in [6, 6.07) is 5.41. The van der Waals surface area contributed by atoms with Crippen LogP contribution in [0.2, 0.25) is 0 Å². The van der Waals surface area contributed by atoms with Crippen molar-refractivity contribution in [2.24, 2.45) is 0 Å². The number of benzene rings is 1. The molecule has 0 bridgehead atoms. The first-order valence-corrected chi connectivity index (χ1v) is 9.81. The van der Waals surface area contributed by atoms with Gasteiger partial charge in [0, 0.05) is 17.5 Å². The first-order valence-electron chi connectivity index (χ1n) is 9.81. The topological polar surface area (TPSA) is 73.9 Å². The van der Waals surface area contributed by atoms with E-state index in [1.54, 1.807) is 12.1 Å². The average Bonchev–Trinajstić information content (AvgIpc) is 2.68. The van der Waals surface area contributed by atoms with Crippen LogP contribution in [0.4, 0.5) is 0 Å². The van der Waals surface area contributed by atoms with E-state index in [1.165, 1.54) is 6.42 Å². The average molecular weight is 394 g/mol. The van der Waals surface area contributed by atoms with Gasteiger partial charge in [-0.1, -0.05) is 18.6 Å². The molecule has 1 aliphatic carbocycles. The number of aryl methyl sites for hydroxylation is 1. The van der Waals surface area contributed by atoms with Gasteiger partial charge in [-0.05, 0) is 68.8 Å². The van der Waals surface area contributed by atoms with E-state index in [4.69, 9.17) is 4.42 Å². The molecule has 2 heterocycles.